The Balaban J connectivity index is 1.27. The van der Waals surface area contributed by atoms with Crippen molar-refractivity contribution in [2.75, 3.05) is 9.71 Å². The lowest BCUT2D eigenvalue weighted by Crippen LogP contribution is -2.61. The number of benzene rings is 8. The Kier molecular flexibility index (Phi) is 7.72. The maximum atomic E-state index is 7.02. The number of para-hydroxylation sites is 2. The fourth-order valence-corrected chi connectivity index (χ4v) is 11.4. The summed E-state index contributed by atoms with van der Waals surface area (Å²) in [6.45, 7) is 13.7. The van der Waals surface area contributed by atoms with Gasteiger partial charge in [-0.2, -0.15) is 0 Å². The lowest BCUT2D eigenvalue weighted by molar-refractivity contribution is 0.590. The van der Waals surface area contributed by atoms with Gasteiger partial charge in [0, 0.05) is 60.0 Å². The summed E-state index contributed by atoms with van der Waals surface area (Å²) < 4.78 is 9.61. The highest BCUT2D eigenvalue weighted by Gasteiger charge is 2.47. The molecule has 0 atom stereocenters. The normalized spacial score (nSPS) is 13.6. The maximum absolute atomic E-state index is 7.02. The summed E-state index contributed by atoms with van der Waals surface area (Å²) in [5, 5.41) is 4.84. The second-order valence-corrected chi connectivity index (χ2v) is 20.0. The van der Waals surface area contributed by atoms with Crippen molar-refractivity contribution in [3.63, 3.8) is 0 Å². The highest BCUT2D eigenvalue weighted by molar-refractivity contribution is 7.26. The average molecular weight is 805 g/mol. The van der Waals surface area contributed by atoms with Gasteiger partial charge in [-0.1, -0.05) is 157 Å². The van der Waals surface area contributed by atoms with Gasteiger partial charge in [-0.05, 0) is 87.0 Å². The third-order valence-electron chi connectivity index (χ3n) is 13.2. The van der Waals surface area contributed by atoms with E-state index in [4.69, 9.17) is 4.42 Å². The number of anilines is 5. The van der Waals surface area contributed by atoms with E-state index in [0.717, 1.165) is 27.6 Å². The highest BCUT2D eigenvalue weighted by atomic mass is 32.1. The summed E-state index contributed by atoms with van der Waals surface area (Å²) in [4.78, 5) is 5.24. The van der Waals surface area contributed by atoms with E-state index in [1.165, 1.54) is 87.2 Å². The molecule has 4 heterocycles. The first-order valence-electron chi connectivity index (χ1n) is 21.5. The molecule has 3 nitrogen and oxygen atoms in total. The van der Waals surface area contributed by atoms with Gasteiger partial charge in [0.15, 0.2) is 0 Å². The topological polar surface area (TPSA) is 19.6 Å². The summed E-state index contributed by atoms with van der Waals surface area (Å²) in [7, 11) is 0. The molecule has 0 radical (unpaired) electrons. The number of nitrogens with zero attached hydrogens (tertiary/aromatic N) is 2. The van der Waals surface area contributed by atoms with E-state index < -0.39 is 0 Å². The van der Waals surface area contributed by atoms with Gasteiger partial charge in [0.05, 0.1) is 16.1 Å². The molecule has 12 rings (SSSR count). The van der Waals surface area contributed by atoms with Crippen LogP contribution < -0.4 is 20.6 Å². The molecule has 0 spiro atoms. The second kappa shape index (κ2) is 13.0. The monoisotopic (exact) mass is 804 g/mol. The smallest absolute Gasteiger partial charge is 0.333 e. The maximum Gasteiger partial charge on any atom is 0.333 e. The van der Waals surface area contributed by atoms with Crippen molar-refractivity contribution in [2.45, 2.75) is 52.4 Å². The van der Waals surface area contributed by atoms with Gasteiger partial charge in [-0.3, -0.25) is 0 Å². The van der Waals surface area contributed by atoms with Crippen LogP contribution in [0.2, 0.25) is 0 Å². The van der Waals surface area contributed by atoms with Crippen LogP contribution in [0.25, 0.3) is 64.4 Å². The van der Waals surface area contributed by atoms with Gasteiger partial charge in [-0.15, -0.1) is 11.3 Å². The molecule has 0 unspecified atom stereocenters. The molecule has 2 aliphatic heterocycles. The van der Waals surface area contributed by atoms with Crippen LogP contribution in [-0.2, 0) is 10.8 Å². The lowest BCUT2D eigenvalue weighted by Gasteiger charge is -2.46. The predicted octanol–water partition coefficient (Wildman–Crippen LogP) is 14.9. The quantitative estimate of drug-likeness (QED) is 0.166. The largest absolute Gasteiger partial charge is 0.455 e. The predicted molar refractivity (Wildman–Crippen MR) is 263 cm³/mol. The molecule has 10 aromatic rings. The summed E-state index contributed by atoms with van der Waals surface area (Å²) in [6.07, 6.45) is 0. The van der Waals surface area contributed by atoms with E-state index in [2.05, 4.69) is 215 Å². The summed E-state index contributed by atoms with van der Waals surface area (Å²) >= 11 is 1.91. The zero-order chi connectivity index (χ0) is 41.4. The molecule has 5 heteroatoms. The molecule has 0 saturated heterocycles. The van der Waals surface area contributed by atoms with E-state index in [1.54, 1.807) is 0 Å². The molecule has 0 fully saturated rings. The van der Waals surface area contributed by atoms with Crippen LogP contribution in [0.3, 0.4) is 0 Å². The third-order valence-corrected chi connectivity index (χ3v) is 14.4. The molecule has 2 aromatic heterocycles. The van der Waals surface area contributed by atoms with Gasteiger partial charge in [0.25, 0.3) is 0 Å². The molecular formula is C56H45BN2OS. The van der Waals surface area contributed by atoms with Gasteiger partial charge in [0.1, 0.15) is 11.2 Å². The van der Waals surface area contributed by atoms with E-state index in [1.807, 2.05) is 11.3 Å². The highest BCUT2D eigenvalue weighted by Crippen LogP contribution is 2.54. The van der Waals surface area contributed by atoms with Gasteiger partial charge in [-0.25, -0.2) is 0 Å². The first kappa shape index (κ1) is 36.3. The van der Waals surface area contributed by atoms with Crippen molar-refractivity contribution < 1.29 is 4.42 Å². The van der Waals surface area contributed by atoms with Crippen LogP contribution in [0.1, 0.15) is 52.7 Å². The minimum Gasteiger partial charge on any atom is -0.455 e. The van der Waals surface area contributed by atoms with Crippen molar-refractivity contribution >= 4 is 99.7 Å². The Labute approximate surface area is 361 Å². The zero-order valence-corrected chi connectivity index (χ0v) is 36.2. The van der Waals surface area contributed by atoms with Crippen molar-refractivity contribution in [3.05, 3.63) is 175 Å². The number of thiophene rings is 1. The van der Waals surface area contributed by atoms with Crippen LogP contribution in [-0.4, -0.2) is 6.85 Å². The van der Waals surface area contributed by atoms with E-state index >= 15 is 0 Å². The van der Waals surface area contributed by atoms with Crippen LogP contribution in [0.4, 0.5) is 28.4 Å². The molecule has 0 saturated carbocycles. The standard InChI is InChI=1S/C56H45BN2OS/c1-55(2,3)35-24-27-37(28-25-35)59-46-21-13-10-20-41(46)50-51-47(33-43-38-18-11-14-22-48(38)60-53(43)50)58(45-31-26-36(56(4,5)6)32-42(45)34-16-8-7-9-17-34)52-44(57(51)59)30-29-40-39-19-12-15-23-49(39)61-54(40)52/h7-33H,1-6H3. The Bertz CT molecular complexity index is 3400. The van der Waals surface area contributed by atoms with E-state index in [9.17, 15) is 0 Å². The van der Waals surface area contributed by atoms with Crippen LogP contribution in [0, 0.1) is 0 Å². The third kappa shape index (κ3) is 5.36. The molecule has 0 bridgehead atoms. The number of hydrogen-bond donors (Lipinski definition) is 0. The van der Waals surface area contributed by atoms with Crippen molar-refractivity contribution in [1.82, 2.24) is 0 Å². The molecule has 61 heavy (non-hydrogen) atoms. The van der Waals surface area contributed by atoms with Crippen molar-refractivity contribution in [1.29, 1.82) is 0 Å². The number of hydrogen-bond acceptors (Lipinski definition) is 4. The van der Waals surface area contributed by atoms with Crippen LogP contribution in [0.5, 0.6) is 0 Å². The van der Waals surface area contributed by atoms with Crippen molar-refractivity contribution in [3.8, 4) is 22.3 Å². The average Bonchev–Trinajstić information content (AvgIpc) is 3.84. The van der Waals surface area contributed by atoms with Crippen LogP contribution in [0.15, 0.2) is 168 Å². The zero-order valence-electron chi connectivity index (χ0n) is 35.4. The number of rotatable bonds is 3. The number of fused-ring (bicyclic) bond motifs is 12. The first-order chi connectivity index (χ1) is 29.5. The number of furan rings is 1. The second-order valence-electron chi connectivity index (χ2n) is 18.9. The molecule has 2 aliphatic rings. The Morgan fingerprint density at radius 1 is 0.525 bits per heavy atom. The summed E-state index contributed by atoms with van der Waals surface area (Å²) in [5.41, 5.74) is 17.7. The molecule has 294 valence electrons. The molecule has 8 aromatic carbocycles. The summed E-state index contributed by atoms with van der Waals surface area (Å²) in [6, 6.07) is 61.2. The SMILES string of the molecule is CC(C)(C)c1ccc(N2B3c4ccc5c(sc6ccccc65)c4N(c4ccc(C(C)(C)C)cc4-c4ccccc4)c4cc5c(oc6ccccc65)c(c43)-c3ccccc32)cc1. The summed E-state index contributed by atoms with van der Waals surface area (Å²) in [5.74, 6) is 0. The van der Waals surface area contributed by atoms with Crippen molar-refractivity contribution in [2.24, 2.45) is 0 Å². The minimum atomic E-state index is -0.145. The molecule has 0 N–H and O–H groups in total. The Hall–Kier alpha value is -6.56. The van der Waals surface area contributed by atoms with Gasteiger partial charge in [0.2, 0.25) is 0 Å². The fourth-order valence-electron chi connectivity index (χ4n) is 10.1. The minimum absolute atomic E-state index is 0.0355. The van der Waals surface area contributed by atoms with E-state index in [-0.39, 0.29) is 17.7 Å². The molecule has 0 aliphatic carbocycles. The Morgan fingerprint density at radius 3 is 2.00 bits per heavy atom. The molecular weight excluding hydrogens is 760 g/mol. The fraction of sp³-hybridized carbons (Fsp3) is 0.143. The van der Waals surface area contributed by atoms with Gasteiger partial charge < -0.3 is 14.1 Å². The molecule has 0 amide bonds. The lowest BCUT2D eigenvalue weighted by atomic mass is 9.43. The van der Waals surface area contributed by atoms with Gasteiger partial charge >= 0.3 is 6.85 Å². The Morgan fingerprint density at radius 2 is 1.21 bits per heavy atom. The van der Waals surface area contributed by atoms with E-state index in [0.29, 0.717) is 0 Å². The first-order valence-corrected chi connectivity index (χ1v) is 22.3. The van der Waals surface area contributed by atoms with Crippen LogP contribution >= 0.6 is 11.3 Å².